The molecule has 0 radical (unpaired) electrons. The third-order valence-electron chi connectivity index (χ3n) is 2.66. The van der Waals surface area contributed by atoms with Gasteiger partial charge in [-0.2, -0.15) is 0 Å². The van der Waals surface area contributed by atoms with Crippen molar-refractivity contribution in [1.82, 2.24) is 0 Å². The van der Waals surface area contributed by atoms with Crippen molar-refractivity contribution in [3.63, 3.8) is 0 Å². The maximum absolute atomic E-state index is 2.27. The molecule has 84 valence electrons. The molecule has 0 aliphatic heterocycles. The predicted molar refractivity (Wildman–Crippen MR) is 73.2 cm³/mol. The standard InChI is InChI=1S/C15H18S/c1-4-5-14-6-7-15(16-14)13-9-11(2)8-12(3)10-13/h6-10H,4-5H2,1-3H3. The van der Waals surface area contributed by atoms with Gasteiger partial charge in [0.05, 0.1) is 0 Å². The monoisotopic (exact) mass is 230 g/mol. The molecule has 0 N–H and O–H groups in total. The van der Waals surface area contributed by atoms with Crippen LogP contribution in [0.25, 0.3) is 10.4 Å². The Kier molecular flexibility index (Phi) is 3.45. The summed E-state index contributed by atoms with van der Waals surface area (Å²) in [6.07, 6.45) is 2.43. The highest BCUT2D eigenvalue weighted by atomic mass is 32.1. The zero-order valence-corrected chi connectivity index (χ0v) is 11.0. The van der Waals surface area contributed by atoms with Crippen LogP contribution in [0, 0.1) is 13.8 Å². The minimum absolute atomic E-state index is 1.20. The molecule has 0 saturated carbocycles. The van der Waals surface area contributed by atoms with Crippen molar-refractivity contribution in [2.24, 2.45) is 0 Å². The fourth-order valence-electron chi connectivity index (χ4n) is 2.03. The molecule has 16 heavy (non-hydrogen) atoms. The van der Waals surface area contributed by atoms with Gasteiger partial charge in [0.25, 0.3) is 0 Å². The largest absolute Gasteiger partial charge is 0.140 e. The molecular formula is C15H18S. The molecule has 0 fully saturated rings. The molecule has 0 saturated heterocycles. The smallest absolute Gasteiger partial charge is 0.0345 e. The van der Waals surface area contributed by atoms with Crippen molar-refractivity contribution in [3.8, 4) is 10.4 Å². The first kappa shape index (κ1) is 11.4. The van der Waals surface area contributed by atoms with E-state index in [4.69, 9.17) is 0 Å². The fraction of sp³-hybridized carbons (Fsp3) is 0.333. The second-order valence-electron chi connectivity index (χ2n) is 4.39. The summed E-state index contributed by atoms with van der Waals surface area (Å²) in [7, 11) is 0. The minimum Gasteiger partial charge on any atom is -0.140 e. The van der Waals surface area contributed by atoms with Crippen LogP contribution in [0.4, 0.5) is 0 Å². The number of hydrogen-bond acceptors (Lipinski definition) is 1. The Hall–Kier alpha value is -1.08. The van der Waals surface area contributed by atoms with E-state index in [0.717, 1.165) is 0 Å². The third-order valence-corrected chi connectivity index (χ3v) is 3.86. The summed E-state index contributed by atoms with van der Waals surface area (Å²) in [4.78, 5) is 2.90. The summed E-state index contributed by atoms with van der Waals surface area (Å²) in [6, 6.07) is 11.3. The Morgan fingerprint density at radius 2 is 1.69 bits per heavy atom. The van der Waals surface area contributed by atoms with Gasteiger partial charge >= 0.3 is 0 Å². The lowest BCUT2D eigenvalue weighted by Gasteiger charge is -2.02. The maximum atomic E-state index is 2.27. The van der Waals surface area contributed by atoms with E-state index in [0.29, 0.717) is 0 Å². The van der Waals surface area contributed by atoms with Crippen molar-refractivity contribution in [2.75, 3.05) is 0 Å². The summed E-state index contributed by atoms with van der Waals surface area (Å²) in [5.41, 5.74) is 4.06. The molecule has 2 rings (SSSR count). The van der Waals surface area contributed by atoms with Gasteiger partial charge in [-0.05, 0) is 38.0 Å². The lowest BCUT2D eigenvalue weighted by atomic mass is 10.1. The fourth-order valence-corrected chi connectivity index (χ4v) is 3.13. The van der Waals surface area contributed by atoms with Crippen LogP contribution in [0.5, 0.6) is 0 Å². The first-order valence-electron chi connectivity index (χ1n) is 5.86. The first-order valence-corrected chi connectivity index (χ1v) is 6.68. The molecule has 0 atom stereocenters. The van der Waals surface area contributed by atoms with Crippen LogP contribution >= 0.6 is 11.3 Å². The Morgan fingerprint density at radius 3 is 2.31 bits per heavy atom. The summed E-state index contributed by atoms with van der Waals surface area (Å²) in [5, 5.41) is 0. The van der Waals surface area contributed by atoms with Gasteiger partial charge in [0.2, 0.25) is 0 Å². The maximum Gasteiger partial charge on any atom is 0.0345 e. The molecule has 1 heteroatoms. The Labute approximate surface area is 102 Å². The number of thiophene rings is 1. The summed E-state index contributed by atoms with van der Waals surface area (Å²) in [6.45, 7) is 6.56. The second kappa shape index (κ2) is 4.84. The van der Waals surface area contributed by atoms with E-state index in [1.165, 1.54) is 39.3 Å². The van der Waals surface area contributed by atoms with Crippen molar-refractivity contribution < 1.29 is 0 Å². The topological polar surface area (TPSA) is 0 Å². The van der Waals surface area contributed by atoms with Gasteiger partial charge in [-0.15, -0.1) is 11.3 Å². The number of hydrogen-bond donors (Lipinski definition) is 0. The highest BCUT2D eigenvalue weighted by Crippen LogP contribution is 2.30. The van der Waals surface area contributed by atoms with Gasteiger partial charge in [0.15, 0.2) is 0 Å². The minimum atomic E-state index is 1.20. The number of aryl methyl sites for hydroxylation is 3. The molecule has 1 aromatic heterocycles. The molecule has 0 aliphatic rings. The highest BCUT2D eigenvalue weighted by Gasteiger charge is 2.03. The van der Waals surface area contributed by atoms with E-state index in [9.17, 15) is 0 Å². The normalized spacial score (nSPS) is 10.7. The van der Waals surface area contributed by atoms with E-state index < -0.39 is 0 Å². The van der Waals surface area contributed by atoms with E-state index in [-0.39, 0.29) is 0 Å². The molecule has 1 aromatic carbocycles. The van der Waals surface area contributed by atoms with Crippen LogP contribution in [0.15, 0.2) is 30.3 Å². The van der Waals surface area contributed by atoms with Gasteiger partial charge in [-0.3, -0.25) is 0 Å². The van der Waals surface area contributed by atoms with Crippen molar-refractivity contribution in [1.29, 1.82) is 0 Å². The zero-order chi connectivity index (χ0) is 11.5. The molecule has 2 aromatic rings. The van der Waals surface area contributed by atoms with Gasteiger partial charge in [0.1, 0.15) is 0 Å². The lowest BCUT2D eigenvalue weighted by molar-refractivity contribution is 0.940. The summed E-state index contributed by atoms with van der Waals surface area (Å²) >= 11 is 1.93. The molecular weight excluding hydrogens is 212 g/mol. The summed E-state index contributed by atoms with van der Waals surface area (Å²) in [5.74, 6) is 0. The van der Waals surface area contributed by atoms with Crippen LogP contribution in [0.2, 0.25) is 0 Å². The van der Waals surface area contributed by atoms with Crippen LogP contribution < -0.4 is 0 Å². The number of benzene rings is 1. The van der Waals surface area contributed by atoms with Crippen molar-refractivity contribution in [3.05, 3.63) is 46.3 Å². The van der Waals surface area contributed by atoms with Crippen molar-refractivity contribution in [2.45, 2.75) is 33.6 Å². The van der Waals surface area contributed by atoms with Crippen LogP contribution in [0.3, 0.4) is 0 Å². The van der Waals surface area contributed by atoms with Gasteiger partial charge < -0.3 is 0 Å². The average molecular weight is 230 g/mol. The molecule has 1 heterocycles. The Bertz CT molecular complexity index is 460. The molecule has 0 spiro atoms. The number of rotatable bonds is 3. The summed E-state index contributed by atoms with van der Waals surface area (Å²) < 4.78 is 0. The highest BCUT2D eigenvalue weighted by molar-refractivity contribution is 7.15. The van der Waals surface area contributed by atoms with Gasteiger partial charge in [-0.25, -0.2) is 0 Å². The molecule has 0 aliphatic carbocycles. The van der Waals surface area contributed by atoms with Crippen molar-refractivity contribution >= 4 is 11.3 Å². The third kappa shape index (κ3) is 2.53. The quantitative estimate of drug-likeness (QED) is 0.697. The average Bonchev–Trinajstić information content (AvgIpc) is 2.65. The van der Waals surface area contributed by atoms with Crippen LogP contribution in [-0.2, 0) is 6.42 Å². The van der Waals surface area contributed by atoms with Crippen LogP contribution in [0.1, 0.15) is 29.3 Å². The first-order chi connectivity index (χ1) is 7.69. The van der Waals surface area contributed by atoms with E-state index in [1.54, 1.807) is 0 Å². The van der Waals surface area contributed by atoms with Gasteiger partial charge in [0, 0.05) is 9.75 Å². The van der Waals surface area contributed by atoms with E-state index >= 15 is 0 Å². The lowest BCUT2D eigenvalue weighted by Crippen LogP contribution is -1.79. The molecule has 0 bridgehead atoms. The Morgan fingerprint density at radius 1 is 1.00 bits per heavy atom. The molecule has 0 unspecified atom stereocenters. The SMILES string of the molecule is CCCc1ccc(-c2cc(C)cc(C)c2)s1. The van der Waals surface area contributed by atoms with E-state index in [2.05, 4.69) is 51.1 Å². The predicted octanol–water partition coefficient (Wildman–Crippen LogP) is 4.98. The molecule has 0 amide bonds. The van der Waals surface area contributed by atoms with Gasteiger partial charge in [-0.1, -0.05) is 42.7 Å². The van der Waals surface area contributed by atoms with E-state index in [1.807, 2.05) is 11.3 Å². The molecule has 0 nitrogen and oxygen atoms in total. The Balaban J connectivity index is 2.34. The van der Waals surface area contributed by atoms with Crippen LogP contribution in [-0.4, -0.2) is 0 Å². The second-order valence-corrected chi connectivity index (χ2v) is 5.56. The zero-order valence-electron chi connectivity index (χ0n) is 10.2.